The number of methoxy groups -OCH3 is 1. The van der Waals surface area contributed by atoms with Crippen molar-refractivity contribution in [1.82, 2.24) is 4.98 Å². The standard InChI is InChI=1S/C31H37NO3/c1-29-11-9-25-18-24-5-6-26(34-16-15-33-2)19-30(24)12-13-31(25,35-30)28(29)8-7-27(29)22-4-3-21-10-14-32-20-23(21)17-22/h3-4,9-10,14,17-18,20,26-28H,5-8,11-13,15-16,19H2,1-2H3/t26-,27+,28+,29+,30+,31?/m0/s1. The summed E-state index contributed by atoms with van der Waals surface area (Å²) in [6.45, 7) is 3.89. The van der Waals surface area contributed by atoms with E-state index in [0.29, 0.717) is 25.0 Å². The van der Waals surface area contributed by atoms with E-state index in [2.05, 4.69) is 48.3 Å². The van der Waals surface area contributed by atoms with E-state index < -0.39 is 0 Å². The minimum absolute atomic E-state index is 0.113. The van der Waals surface area contributed by atoms with Crippen molar-refractivity contribution in [2.24, 2.45) is 11.3 Å². The predicted octanol–water partition coefficient (Wildman–Crippen LogP) is 6.51. The van der Waals surface area contributed by atoms with Crippen molar-refractivity contribution in [2.75, 3.05) is 20.3 Å². The van der Waals surface area contributed by atoms with Gasteiger partial charge in [-0.05, 0) is 96.4 Å². The Morgan fingerprint density at radius 1 is 1.09 bits per heavy atom. The van der Waals surface area contributed by atoms with Gasteiger partial charge in [0.2, 0.25) is 0 Å². The van der Waals surface area contributed by atoms with Crippen molar-refractivity contribution >= 4 is 10.8 Å². The zero-order valence-corrected chi connectivity index (χ0v) is 21.1. The third-order valence-corrected chi connectivity index (χ3v) is 10.3. The van der Waals surface area contributed by atoms with Gasteiger partial charge < -0.3 is 14.2 Å². The van der Waals surface area contributed by atoms with Crippen LogP contribution in [-0.4, -0.2) is 42.6 Å². The molecule has 2 aromatic rings. The van der Waals surface area contributed by atoms with Crippen molar-refractivity contribution in [3.8, 4) is 0 Å². The van der Waals surface area contributed by atoms with Crippen LogP contribution in [0.4, 0.5) is 0 Å². The first-order valence-corrected chi connectivity index (χ1v) is 13.6. The number of hydrogen-bond acceptors (Lipinski definition) is 4. The van der Waals surface area contributed by atoms with Gasteiger partial charge >= 0.3 is 0 Å². The van der Waals surface area contributed by atoms with E-state index in [1.165, 1.54) is 40.3 Å². The Labute approximate surface area is 208 Å². The second-order valence-electron chi connectivity index (χ2n) is 11.9. The van der Waals surface area contributed by atoms with E-state index in [4.69, 9.17) is 14.2 Å². The maximum Gasteiger partial charge on any atom is 0.0974 e. The number of nitrogens with zero attached hydrogens (tertiary/aromatic N) is 1. The van der Waals surface area contributed by atoms with Crippen molar-refractivity contribution in [2.45, 2.75) is 81.5 Å². The Morgan fingerprint density at radius 2 is 2.03 bits per heavy atom. The predicted molar refractivity (Wildman–Crippen MR) is 137 cm³/mol. The first-order valence-electron chi connectivity index (χ1n) is 13.6. The molecule has 5 aliphatic rings. The molecule has 7 rings (SSSR count). The maximum atomic E-state index is 7.39. The topological polar surface area (TPSA) is 40.6 Å². The molecular formula is C31H37NO3. The Bertz CT molecular complexity index is 1220. The minimum atomic E-state index is -0.113. The quantitative estimate of drug-likeness (QED) is 0.466. The molecule has 6 atom stereocenters. The van der Waals surface area contributed by atoms with Crippen LogP contribution in [0.1, 0.15) is 69.8 Å². The van der Waals surface area contributed by atoms with Crippen molar-refractivity contribution in [3.05, 3.63) is 65.5 Å². The monoisotopic (exact) mass is 471 g/mol. The number of hydrogen-bond donors (Lipinski definition) is 0. The van der Waals surface area contributed by atoms with Crippen LogP contribution in [0.15, 0.2) is 60.0 Å². The molecule has 1 aromatic carbocycles. The van der Waals surface area contributed by atoms with Crippen LogP contribution in [0.25, 0.3) is 10.8 Å². The molecule has 3 fully saturated rings. The molecule has 184 valence electrons. The molecule has 0 radical (unpaired) electrons. The molecule has 1 aromatic heterocycles. The van der Waals surface area contributed by atoms with E-state index in [0.717, 1.165) is 38.5 Å². The SMILES string of the molecule is COCCO[C@H]1CCC2=CC3=CC[C@]4(C)[C@@H](c5ccc6ccncc6c5)CC[C@H]4C34CC[C@]2(C1)O4. The van der Waals surface area contributed by atoms with Crippen LogP contribution in [0.5, 0.6) is 0 Å². The fraction of sp³-hybridized carbons (Fsp3) is 0.581. The Morgan fingerprint density at radius 3 is 2.94 bits per heavy atom. The number of rotatable bonds is 5. The summed E-state index contributed by atoms with van der Waals surface area (Å²) in [6.07, 6.45) is 18.4. The van der Waals surface area contributed by atoms with E-state index in [1.807, 2.05) is 12.4 Å². The number of pyridine rings is 1. The molecule has 0 N–H and O–H groups in total. The first-order chi connectivity index (χ1) is 17.1. The van der Waals surface area contributed by atoms with Crippen LogP contribution >= 0.6 is 0 Å². The van der Waals surface area contributed by atoms with Crippen LogP contribution in [0.3, 0.4) is 0 Å². The molecule has 1 unspecified atom stereocenters. The fourth-order valence-corrected chi connectivity index (χ4v) is 8.67. The van der Waals surface area contributed by atoms with Crippen molar-refractivity contribution in [1.29, 1.82) is 0 Å². The summed E-state index contributed by atoms with van der Waals surface area (Å²) < 4.78 is 18.8. The fourth-order valence-electron chi connectivity index (χ4n) is 8.67. The number of benzene rings is 1. The van der Waals surface area contributed by atoms with Crippen LogP contribution in [0.2, 0.25) is 0 Å². The van der Waals surface area contributed by atoms with Gasteiger partial charge in [0, 0.05) is 31.3 Å². The second-order valence-corrected chi connectivity index (χ2v) is 11.9. The van der Waals surface area contributed by atoms with Crippen LogP contribution < -0.4 is 0 Å². The number of ether oxygens (including phenoxy) is 3. The number of fused-ring (bicyclic) bond motifs is 2. The van der Waals surface area contributed by atoms with Gasteiger partial charge in [0.05, 0.1) is 30.5 Å². The third-order valence-electron chi connectivity index (χ3n) is 10.3. The number of aromatic nitrogens is 1. The summed E-state index contributed by atoms with van der Waals surface area (Å²) in [5.41, 5.74) is 4.50. The lowest BCUT2D eigenvalue weighted by Gasteiger charge is -2.54. The summed E-state index contributed by atoms with van der Waals surface area (Å²) in [5.74, 6) is 1.13. The number of allylic oxidation sites excluding steroid dienone is 1. The minimum Gasteiger partial charge on any atom is -0.382 e. The summed E-state index contributed by atoms with van der Waals surface area (Å²) in [6, 6.07) is 9.17. The Hall–Kier alpha value is -2.01. The van der Waals surface area contributed by atoms with Crippen LogP contribution in [-0.2, 0) is 14.2 Å². The van der Waals surface area contributed by atoms with Gasteiger partial charge in [-0.25, -0.2) is 0 Å². The summed E-state index contributed by atoms with van der Waals surface area (Å²) in [7, 11) is 1.74. The van der Waals surface area contributed by atoms with Gasteiger partial charge in [-0.1, -0.05) is 31.2 Å². The highest BCUT2D eigenvalue weighted by atomic mass is 16.5. The van der Waals surface area contributed by atoms with Gasteiger partial charge in [0.25, 0.3) is 0 Å². The molecule has 2 bridgehead atoms. The zero-order chi connectivity index (χ0) is 23.7. The lowest BCUT2D eigenvalue weighted by Crippen LogP contribution is -2.54. The average molecular weight is 472 g/mol. The molecule has 0 amide bonds. The van der Waals surface area contributed by atoms with Gasteiger partial charge in [-0.15, -0.1) is 0 Å². The molecule has 2 saturated carbocycles. The first kappa shape index (κ1) is 22.2. The summed E-state index contributed by atoms with van der Waals surface area (Å²) >= 11 is 0. The van der Waals surface area contributed by atoms with E-state index >= 15 is 0 Å². The highest BCUT2D eigenvalue weighted by Crippen LogP contribution is 2.69. The van der Waals surface area contributed by atoms with Gasteiger partial charge in [0.1, 0.15) is 0 Å². The Balaban J connectivity index is 1.21. The molecule has 2 spiro atoms. The molecule has 3 aliphatic carbocycles. The van der Waals surface area contributed by atoms with Crippen molar-refractivity contribution < 1.29 is 14.2 Å². The molecule has 4 heteroatoms. The molecule has 35 heavy (non-hydrogen) atoms. The third kappa shape index (κ3) is 3.19. The van der Waals surface area contributed by atoms with Gasteiger partial charge in [-0.2, -0.15) is 0 Å². The van der Waals surface area contributed by atoms with E-state index in [1.54, 1.807) is 7.11 Å². The Kier molecular flexibility index (Phi) is 5.07. The normalized spacial score (nSPS) is 39.5. The lowest BCUT2D eigenvalue weighted by atomic mass is 9.58. The lowest BCUT2D eigenvalue weighted by molar-refractivity contribution is -0.150. The zero-order valence-electron chi connectivity index (χ0n) is 21.1. The second kappa shape index (κ2) is 7.99. The maximum absolute atomic E-state index is 7.39. The molecular weight excluding hydrogens is 434 g/mol. The van der Waals surface area contributed by atoms with Gasteiger partial charge in [0.15, 0.2) is 0 Å². The van der Waals surface area contributed by atoms with E-state index in [-0.39, 0.29) is 22.7 Å². The average Bonchev–Trinajstić information content (AvgIpc) is 3.39. The summed E-state index contributed by atoms with van der Waals surface area (Å²) in [4.78, 5) is 4.38. The molecule has 4 nitrogen and oxygen atoms in total. The highest BCUT2D eigenvalue weighted by molar-refractivity contribution is 5.82. The van der Waals surface area contributed by atoms with Crippen LogP contribution in [0, 0.1) is 11.3 Å². The van der Waals surface area contributed by atoms with E-state index in [9.17, 15) is 0 Å². The highest BCUT2D eigenvalue weighted by Gasteiger charge is 2.66. The largest absolute Gasteiger partial charge is 0.382 e. The molecule has 1 saturated heterocycles. The van der Waals surface area contributed by atoms with Gasteiger partial charge in [-0.3, -0.25) is 4.98 Å². The molecule has 2 aliphatic heterocycles. The smallest absolute Gasteiger partial charge is 0.0974 e. The van der Waals surface area contributed by atoms with Crippen molar-refractivity contribution in [3.63, 3.8) is 0 Å². The molecule has 3 heterocycles. The summed E-state index contributed by atoms with van der Waals surface area (Å²) in [5, 5.41) is 2.53.